The monoisotopic (exact) mass is 429 g/mol. The van der Waals surface area contributed by atoms with E-state index in [0.717, 1.165) is 12.0 Å². The fourth-order valence-corrected chi connectivity index (χ4v) is 3.95. The van der Waals surface area contributed by atoms with Gasteiger partial charge in [-0.3, -0.25) is 9.69 Å². The molecule has 0 spiro atoms. The molecule has 1 N–H and O–H groups in total. The van der Waals surface area contributed by atoms with Crippen LogP contribution in [0.5, 0.6) is 5.75 Å². The molecule has 6 heteroatoms. The molecule has 4 rings (SSSR count). The van der Waals surface area contributed by atoms with Gasteiger partial charge in [-0.05, 0) is 49.2 Å². The van der Waals surface area contributed by atoms with Gasteiger partial charge in [0.2, 0.25) is 0 Å². The Morgan fingerprint density at radius 3 is 2.56 bits per heavy atom. The van der Waals surface area contributed by atoms with Gasteiger partial charge in [0.15, 0.2) is 0 Å². The van der Waals surface area contributed by atoms with E-state index >= 15 is 0 Å². The largest absolute Gasteiger partial charge is 0.495 e. The molecule has 0 radical (unpaired) electrons. The highest BCUT2D eigenvalue weighted by molar-refractivity contribution is 6.05. The molecule has 1 saturated heterocycles. The molecule has 164 valence electrons. The smallest absolute Gasteiger partial charge is 0.324 e. The van der Waals surface area contributed by atoms with E-state index in [0.29, 0.717) is 42.3 Å². The van der Waals surface area contributed by atoms with E-state index in [9.17, 15) is 9.59 Å². The Kier molecular flexibility index (Phi) is 6.40. The molecule has 1 aliphatic heterocycles. The zero-order valence-electron chi connectivity index (χ0n) is 18.4. The van der Waals surface area contributed by atoms with E-state index in [4.69, 9.17) is 4.74 Å². The number of aryl methyl sites for hydroxylation is 1. The molecule has 1 heterocycles. The first-order chi connectivity index (χ1) is 15.5. The number of urea groups is 1. The highest BCUT2D eigenvalue weighted by Crippen LogP contribution is 2.34. The SMILES string of the molecule is COc1ccc(NC(=O)c2ccccc2)cc1N1CCCN(Cc2cccc(C)c2)C1=O. The Labute approximate surface area is 188 Å². The van der Waals surface area contributed by atoms with Gasteiger partial charge in [0.1, 0.15) is 5.75 Å². The van der Waals surface area contributed by atoms with Crippen molar-refractivity contribution in [3.8, 4) is 5.75 Å². The number of amides is 3. The van der Waals surface area contributed by atoms with E-state index < -0.39 is 0 Å². The summed E-state index contributed by atoms with van der Waals surface area (Å²) >= 11 is 0. The summed E-state index contributed by atoms with van der Waals surface area (Å²) in [6.07, 6.45) is 0.849. The minimum absolute atomic E-state index is 0.0670. The molecule has 1 aliphatic rings. The van der Waals surface area contributed by atoms with Gasteiger partial charge in [-0.25, -0.2) is 4.79 Å². The second-order valence-electron chi connectivity index (χ2n) is 7.91. The quantitative estimate of drug-likeness (QED) is 0.594. The molecule has 0 unspecified atom stereocenters. The average Bonchev–Trinajstić information content (AvgIpc) is 2.81. The first-order valence-electron chi connectivity index (χ1n) is 10.7. The summed E-state index contributed by atoms with van der Waals surface area (Å²) in [5.74, 6) is 0.390. The summed E-state index contributed by atoms with van der Waals surface area (Å²) in [6, 6.07) is 22.5. The van der Waals surface area contributed by atoms with Crippen molar-refractivity contribution in [3.05, 3.63) is 89.5 Å². The minimum Gasteiger partial charge on any atom is -0.495 e. The van der Waals surface area contributed by atoms with Crippen molar-refractivity contribution in [1.82, 2.24) is 4.90 Å². The van der Waals surface area contributed by atoms with E-state index in [1.807, 2.05) is 48.2 Å². The van der Waals surface area contributed by atoms with E-state index in [1.165, 1.54) is 5.56 Å². The van der Waals surface area contributed by atoms with Crippen LogP contribution >= 0.6 is 0 Å². The van der Waals surface area contributed by atoms with Gasteiger partial charge >= 0.3 is 6.03 Å². The number of anilines is 2. The summed E-state index contributed by atoms with van der Waals surface area (Å²) in [4.78, 5) is 29.5. The average molecular weight is 430 g/mol. The molecule has 32 heavy (non-hydrogen) atoms. The van der Waals surface area contributed by atoms with Crippen molar-refractivity contribution in [2.24, 2.45) is 0 Å². The second kappa shape index (κ2) is 9.56. The van der Waals surface area contributed by atoms with Gasteiger partial charge in [0.25, 0.3) is 5.91 Å². The Bertz CT molecular complexity index is 1110. The summed E-state index contributed by atoms with van der Waals surface area (Å²) < 4.78 is 5.54. The van der Waals surface area contributed by atoms with Gasteiger partial charge in [-0.2, -0.15) is 0 Å². The molecule has 0 aliphatic carbocycles. The minimum atomic E-state index is -0.201. The number of nitrogens with one attached hydrogen (secondary N) is 1. The van der Waals surface area contributed by atoms with Crippen LogP contribution in [-0.2, 0) is 6.54 Å². The topological polar surface area (TPSA) is 61.9 Å². The third-order valence-corrected chi connectivity index (χ3v) is 5.53. The summed E-state index contributed by atoms with van der Waals surface area (Å²) in [7, 11) is 1.58. The maximum absolute atomic E-state index is 13.3. The van der Waals surface area contributed by atoms with Crippen molar-refractivity contribution in [1.29, 1.82) is 0 Å². The second-order valence-corrected chi connectivity index (χ2v) is 7.91. The molecule has 0 aromatic heterocycles. The Balaban J connectivity index is 1.56. The van der Waals surface area contributed by atoms with Crippen LogP contribution in [0.3, 0.4) is 0 Å². The van der Waals surface area contributed by atoms with Crippen LogP contribution in [0.2, 0.25) is 0 Å². The van der Waals surface area contributed by atoms with E-state index in [2.05, 4.69) is 11.4 Å². The molecular formula is C26H27N3O3. The number of ether oxygens (including phenoxy) is 1. The number of methoxy groups -OCH3 is 1. The molecule has 0 saturated carbocycles. The molecule has 6 nitrogen and oxygen atoms in total. The predicted octanol–water partition coefficient (Wildman–Crippen LogP) is 5.09. The van der Waals surface area contributed by atoms with Crippen LogP contribution in [0.25, 0.3) is 0 Å². The third-order valence-electron chi connectivity index (χ3n) is 5.53. The van der Waals surface area contributed by atoms with Crippen LogP contribution in [-0.4, -0.2) is 37.0 Å². The van der Waals surface area contributed by atoms with Crippen LogP contribution in [0.15, 0.2) is 72.8 Å². The number of carbonyl (C=O) groups excluding carboxylic acids is 2. The van der Waals surface area contributed by atoms with Crippen molar-refractivity contribution < 1.29 is 14.3 Å². The molecule has 1 fully saturated rings. The van der Waals surface area contributed by atoms with Crippen molar-refractivity contribution in [3.63, 3.8) is 0 Å². The number of hydrogen-bond acceptors (Lipinski definition) is 3. The Morgan fingerprint density at radius 1 is 1.00 bits per heavy atom. The van der Waals surface area contributed by atoms with Crippen LogP contribution in [0, 0.1) is 6.92 Å². The van der Waals surface area contributed by atoms with Gasteiger partial charge < -0.3 is 15.0 Å². The van der Waals surface area contributed by atoms with Crippen LogP contribution in [0.4, 0.5) is 16.2 Å². The lowest BCUT2D eigenvalue weighted by molar-refractivity contribution is 0.102. The van der Waals surface area contributed by atoms with Crippen molar-refractivity contribution in [2.75, 3.05) is 30.4 Å². The van der Waals surface area contributed by atoms with E-state index in [1.54, 1.807) is 42.3 Å². The zero-order chi connectivity index (χ0) is 22.5. The van der Waals surface area contributed by atoms with Crippen LogP contribution < -0.4 is 15.0 Å². The fraction of sp³-hybridized carbons (Fsp3) is 0.231. The molecular weight excluding hydrogens is 402 g/mol. The zero-order valence-corrected chi connectivity index (χ0v) is 18.4. The highest BCUT2D eigenvalue weighted by Gasteiger charge is 2.29. The summed E-state index contributed by atoms with van der Waals surface area (Å²) in [6.45, 7) is 3.91. The van der Waals surface area contributed by atoms with Gasteiger partial charge in [-0.1, -0.05) is 48.0 Å². The number of carbonyl (C=O) groups is 2. The first kappa shape index (κ1) is 21.4. The number of nitrogens with zero attached hydrogens (tertiary/aromatic N) is 2. The molecule has 3 aromatic carbocycles. The molecule has 3 amide bonds. The fourth-order valence-electron chi connectivity index (χ4n) is 3.95. The maximum Gasteiger partial charge on any atom is 0.324 e. The molecule has 3 aromatic rings. The number of hydrogen-bond donors (Lipinski definition) is 1. The van der Waals surface area contributed by atoms with Gasteiger partial charge in [-0.15, -0.1) is 0 Å². The van der Waals surface area contributed by atoms with Crippen molar-refractivity contribution in [2.45, 2.75) is 19.9 Å². The Hall–Kier alpha value is -3.80. The van der Waals surface area contributed by atoms with Crippen LogP contribution in [0.1, 0.15) is 27.9 Å². The molecule has 0 bridgehead atoms. The Morgan fingerprint density at radius 2 is 1.81 bits per heavy atom. The normalized spacial score (nSPS) is 13.8. The molecule has 0 atom stereocenters. The summed E-state index contributed by atoms with van der Waals surface area (Å²) in [5.41, 5.74) is 4.11. The maximum atomic E-state index is 13.3. The number of rotatable bonds is 6. The highest BCUT2D eigenvalue weighted by atomic mass is 16.5. The lowest BCUT2D eigenvalue weighted by Crippen LogP contribution is -2.49. The number of benzene rings is 3. The lowest BCUT2D eigenvalue weighted by Gasteiger charge is -2.36. The third kappa shape index (κ3) is 4.75. The standard InChI is InChI=1S/C26H27N3O3/c1-19-8-6-9-20(16-19)18-28-14-7-15-29(26(28)31)23-17-22(12-13-24(23)32-2)27-25(30)21-10-4-3-5-11-21/h3-6,8-13,16-17H,7,14-15,18H2,1-2H3,(H,27,30). The summed E-state index contributed by atoms with van der Waals surface area (Å²) in [5, 5.41) is 2.92. The van der Waals surface area contributed by atoms with E-state index in [-0.39, 0.29) is 11.9 Å². The van der Waals surface area contributed by atoms with Gasteiger partial charge in [0, 0.05) is 30.9 Å². The van der Waals surface area contributed by atoms with Gasteiger partial charge in [0.05, 0.1) is 12.8 Å². The first-order valence-corrected chi connectivity index (χ1v) is 10.7. The van der Waals surface area contributed by atoms with Crippen molar-refractivity contribution >= 4 is 23.3 Å². The lowest BCUT2D eigenvalue weighted by atomic mass is 10.1. The predicted molar refractivity (Wildman–Crippen MR) is 126 cm³/mol.